The molecule has 0 aliphatic carbocycles. The quantitative estimate of drug-likeness (QED) is 0.781. The van der Waals surface area contributed by atoms with Crippen LogP contribution in [0.3, 0.4) is 0 Å². The van der Waals surface area contributed by atoms with Gasteiger partial charge in [-0.25, -0.2) is 0 Å². The van der Waals surface area contributed by atoms with Crippen LogP contribution in [0.2, 0.25) is 10.0 Å². The van der Waals surface area contributed by atoms with Crippen molar-refractivity contribution in [2.24, 2.45) is 0 Å². The highest BCUT2D eigenvalue weighted by Gasteiger charge is 2.00. The van der Waals surface area contributed by atoms with Gasteiger partial charge in [-0.3, -0.25) is 0 Å². The summed E-state index contributed by atoms with van der Waals surface area (Å²) in [6.45, 7) is 2.24. The zero-order chi connectivity index (χ0) is 11.1. The number of benzene rings is 1. The lowest BCUT2D eigenvalue weighted by Gasteiger charge is -2.06. The molecule has 0 bridgehead atoms. The first kappa shape index (κ1) is 12.8. The summed E-state index contributed by atoms with van der Waals surface area (Å²) in [7, 11) is 1.93. The van der Waals surface area contributed by atoms with Crippen LogP contribution in [0.1, 0.15) is 12.0 Å². The average Bonchev–Trinajstić information content (AvgIpc) is 2.20. The molecule has 4 heteroatoms. The number of nitrogens with one attached hydrogen (secondary N) is 1. The van der Waals surface area contributed by atoms with Crippen molar-refractivity contribution in [3.8, 4) is 0 Å². The molecule has 15 heavy (non-hydrogen) atoms. The maximum Gasteiger partial charge on any atom is 0.0731 e. The first-order valence-corrected chi connectivity index (χ1v) is 5.66. The molecule has 0 aliphatic rings. The van der Waals surface area contributed by atoms with E-state index in [1.165, 1.54) is 0 Å². The zero-order valence-corrected chi connectivity index (χ0v) is 10.2. The Bertz CT molecular complexity index is 305. The fourth-order valence-corrected chi connectivity index (χ4v) is 1.63. The van der Waals surface area contributed by atoms with Gasteiger partial charge < -0.3 is 10.1 Å². The summed E-state index contributed by atoms with van der Waals surface area (Å²) in [6.07, 6.45) is 1.00. The zero-order valence-electron chi connectivity index (χ0n) is 8.72. The monoisotopic (exact) mass is 247 g/mol. The third kappa shape index (κ3) is 4.85. The summed E-state index contributed by atoms with van der Waals surface area (Å²) in [5.41, 5.74) is 0.977. The van der Waals surface area contributed by atoms with Crippen LogP contribution in [0, 0.1) is 0 Å². The Hall–Kier alpha value is -0.280. The molecule has 0 saturated carbocycles. The molecule has 0 saturated heterocycles. The fourth-order valence-electron chi connectivity index (χ4n) is 1.17. The van der Waals surface area contributed by atoms with Crippen molar-refractivity contribution in [3.05, 3.63) is 33.8 Å². The number of ether oxygens (including phenoxy) is 1. The minimum atomic E-state index is 0.541. The van der Waals surface area contributed by atoms with E-state index in [2.05, 4.69) is 5.32 Å². The van der Waals surface area contributed by atoms with Crippen LogP contribution in [0.25, 0.3) is 0 Å². The molecule has 0 spiro atoms. The standard InChI is InChI=1S/C11H15Cl2NO/c1-14-5-2-6-15-8-9-3-4-10(12)7-11(9)13/h3-4,7,14H,2,5-6,8H2,1H3. The van der Waals surface area contributed by atoms with Gasteiger partial charge in [-0.2, -0.15) is 0 Å². The lowest BCUT2D eigenvalue weighted by atomic mass is 10.2. The third-order valence-electron chi connectivity index (χ3n) is 1.99. The first-order chi connectivity index (χ1) is 7.24. The molecule has 0 unspecified atom stereocenters. The van der Waals surface area contributed by atoms with Gasteiger partial charge in [0.15, 0.2) is 0 Å². The van der Waals surface area contributed by atoms with Gasteiger partial charge in [0.05, 0.1) is 6.61 Å². The van der Waals surface area contributed by atoms with Crippen molar-refractivity contribution in [2.45, 2.75) is 13.0 Å². The van der Waals surface area contributed by atoms with Gasteiger partial charge in [0, 0.05) is 16.7 Å². The molecule has 0 aromatic heterocycles. The Morgan fingerprint density at radius 3 is 2.80 bits per heavy atom. The SMILES string of the molecule is CNCCCOCc1ccc(Cl)cc1Cl. The summed E-state index contributed by atoms with van der Waals surface area (Å²) < 4.78 is 5.47. The second kappa shape index (κ2) is 7.07. The van der Waals surface area contributed by atoms with Crippen molar-refractivity contribution >= 4 is 23.2 Å². The summed E-state index contributed by atoms with van der Waals surface area (Å²) in [6, 6.07) is 5.44. The van der Waals surface area contributed by atoms with E-state index >= 15 is 0 Å². The van der Waals surface area contributed by atoms with Gasteiger partial charge in [0.25, 0.3) is 0 Å². The van der Waals surface area contributed by atoms with Crippen LogP contribution in [0.4, 0.5) is 0 Å². The van der Waals surface area contributed by atoms with Crippen molar-refractivity contribution in [3.63, 3.8) is 0 Å². The Morgan fingerprint density at radius 1 is 1.33 bits per heavy atom. The largest absolute Gasteiger partial charge is 0.377 e. The van der Waals surface area contributed by atoms with Crippen LogP contribution < -0.4 is 5.32 Å². The van der Waals surface area contributed by atoms with Gasteiger partial charge in [-0.15, -0.1) is 0 Å². The highest BCUT2D eigenvalue weighted by atomic mass is 35.5. The number of rotatable bonds is 6. The molecule has 2 nitrogen and oxygen atoms in total. The molecule has 1 rings (SSSR count). The molecule has 84 valence electrons. The average molecular weight is 248 g/mol. The Labute approximate surface area is 101 Å². The van der Waals surface area contributed by atoms with E-state index in [1.807, 2.05) is 19.2 Å². The van der Waals surface area contributed by atoms with Crippen molar-refractivity contribution < 1.29 is 4.74 Å². The van der Waals surface area contributed by atoms with Crippen LogP contribution in [-0.2, 0) is 11.3 Å². The molecule has 0 radical (unpaired) electrons. The van der Waals surface area contributed by atoms with E-state index in [1.54, 1.807) is 6.07 Å². The topological polar surface area (TPSA) is 21.3 Å². The number of hydrogen-bond acceptors (Lipinski definition) is 2. The molecule has 1 aromatic rings. The molecular weight excluding hydrogens is 233 g/mol. The molecular formula is C11H15Cl2NO. The Balaban J connectivity index is 2.31. The fraction of sp³-hybridized carbons (Fsp3) is 0.455. The smallest absolute Gasteiger partial charge is 0.0731 e. The Morgan fingerprint density at radius 2 is 2.13 bits per heavy atom. The predicted octanol–water partition coefficient (Wildman–Crippen LogP) is 3.12. The highest BCUT2D eigenvalue weighted by molar-refractivity contribution is 6.35. The summed E-state index contributed by atoms with van der Waals surface area (Å²) in [5, 5.41) is 4.38. The number of halogens is 2. The van der Waals surface area contributed by atoms with Gasteiger partial charge in [0.1, 0.15) is 0 Å². The van der Waals surface area contributed by atoms with Crippen LogP contribution in [-0.4, -0.2) is 20.2 Å². The predicted molar refractivity (Wildman–Crippen MR) is 64.7 cm³/mol. The summed E-state index contributed by atoms with van der Waals surface area (Å²) in [4.78, 5) is 0. The van der Waals surface area contributed by atoms with Crippen molar-refractivity contribution in [1.29, 1.82) is 0 Å². The maximum absolute atomic E-state index is 5.99. The molecule has 0 aliphatic heterocycles. The van der Waals surface area contributed by atoms with E-state index in [0.717, 1.165) is 25.1 Å². The summed E-state index contributed by atoms with van der Waals surface area (Å²) in [5.74, 6) is 0. The van der Waals surface area contributed by atoms with E-state index < -0.39 is 0 Å². The molecule has 0 atom stereocenters. The molecule has 0 amide bonds. The summed E-state index contributed by atoms with van der Waals surface area (Å²) >= 11 is 11.8. The van der Waals surface area contributed by atoms with Crippen LogP contribution in [0.15, 0.2) is 18.2 Å². The minimum Gasteiger partial charge on any atom is -0.377 e. The van der Waals surface area contributed by atoms with Gasteiger partial charge in [-0.05, 0) is 37.7 Å². The van der Waals surface area contributed by atoms with E-state index in [-0.39, 0.29) is 0 Å². The van der Waals surface area contributed by atoms with Crippen LogP contribution in [0.5, 0.6) is 0 Å². The number of hydrogen-bond donors (Lipinski definition) is 1. The second-order valence-electron chi connectivity index (χ2n) is 3.25. The van der Waals surface area contributed by atoms with Gasteiger partial charge in [-0.1, -0.05) is 29.3 Å². The van der Waals surface area contributed by atoms with Gasteiger partial charge >= 0.3 is 0 Å². The van der Waals surface area contributed by atoms with E-state index in [9.17, 15) is 0 Å². The molecule has 1 N–H and O–H groups in total. The minimum absolute atomic E-state index is 0.541. The molecule has 0 heterocycles. The van der Waals surface area contributed by atoms with E-state index in [0.29, 0.717) is 16.7 Å². The van der Waals surface area contributed by atoms with Crippen molar-refractivity contribution in [1.82, 2.24) is 5.32 Å². The third-order valence-corrected chi connectivity index (χ3v) is 2.58. The lowest BCUT2D eigenvalue weighted by Crippen LogP contribution is -2.10. The molecule has 1 aromatic carbocycles. The highest BCUT2D eigenvalue weighted by Crippen LogP contribution is 2.21. The maximum atomic E-state index is 5.99. The first-order valence-electron chi connectivity index (χ1n) is 4.90. The normalized spacial score (nSPS) is 10.6. The molecule has 0 fully saturated rings. The van der Waals surface area contributed by atoms with E-state index in [4.69, 9.17) is 27.9 Å². The van der Waals surface area contributed by atoms with Crippen molar-refractivity contribution in [2.75, 3.05) is 20.2 Å². The Kier molecular flexibility index (Phi) is 6.03. The van der Waals surface area contributed by atoms with Gasteiger partial charge in [0.2, 0.25) is 0 Å². The van der Waals surface area contributed by atoms with Crippen LogP contribution >= 0.6 is 23.2 Å². The lowest BCUT2D eigenvalue weighted by molar-refractivity contribution is 0.119. The second-order valence-corrected chi connectivity index (χ2v) is 4.09.